The van der Waals surface area contributed by atoms with E-state index in [1.807, 2.05) is 73.1 Å². The van der Waals surface area contributed by atoms with Crippen LogP contribution in [-0.4, -0.2) is 32.8 Å². The normalized spacial score (nSPS) is 15.9. The Balaban J connectivity index is 0.00000112. The summed E-state index contributed by atoms with van der Waals surface area (Å²) in [5.41, 5.74) is 8.77. The molecule has 1 atom stereocenters. The standard InChI is InChI=1S/C22H22N6O.C2H6/c23-21-19-20(15-8-10-18(11-9-15)29-17-6-2-1-3-7-17)27-28(22(19)26-14-25-21)16-5-4-12-24-13-16;1-2/h1-3,6-11,14,16,24H,4-5,12-13H2,(H2,23,25,26);1-2H3. The van der Waals surface area contributed by atoms with Gasteiger partial charge in [0.2, 0.25) is 0 Å². The zero-order valence-electron chi connectivity index (χ0n) is 18.0. The Kier molecular flexibility index (Phi) is 6.43. The number of nitrogens with two attached hydrogens (primary N) is 1. The van der Waals surface area contributed by atoms with Gasteiger partial charge in [-0.3, -0.25) is 0 Å². The number of hydrogen-bond acceptors (Lipinski definition) is 6. The number of benzene rings is 2. The fourth-order valence-corrected chi connectivity index (χ4v) is 3.80. The van der Waals surface area contributed by atoms with Gasteiger partial charge in [-0.1, -0.05) is 32.0 Å². The van der Waals surface area contributed by atoms with Gasteiger partial charge >= 0.3 is 0 Å². The highest BCUT2D eigenvalue weighted by Crippen LogP contribution is 2.34. The number of nitrogens with one attached hydrogen (secondary N) is 1. The molecule has 7 heteroatoms. The Labute approximate surface area is 182 Å². The van der Waals surface area contributed by atoms with Crippen LogP contribution in [0.1, 0.15) is 32.7 Å². The van der Waals surface area contributed by atoms with Gasteiger partial charge in [0.05, 0.1) is 11.4 Å². The summed E-state index contributed by atoms with van der Waals surface area (Å²) in [6.45, 7) is 5.92. The summed E-state index contributed by atoms with van der Waals surface area (Å²) in [5, 5.41) is 9.15. The third kappa shape index (κ3) is 4.36. The maximum absolute atomic E-state index is 6.22. The zero-order valence-corrected chi connectivity index (χ0v) is 18.0. The predicted molar refractivity (Wildman–Crippen MR) is 124 cm³/mol. The lowest BCUT2D eigenvalue weighted by Crippen LogP contribution is -2.32. The minimum Gasteiger partial charge on any atom is -0.457 e. The molecule has 1 saturated heterocycles. The molecule has 2 aromatic carbocycles. The van der Waals surface area contributed by atoms with Gasteiger partial charge in [-0.05, 0) is 55.8 Å². The van der Waals surface area contributed by atoms with E-state index in [2.05, 4.69) is 15.3 Å². The fourth-order valence-electron chi connectivity index (χ4n) is 3.80. The van der Waals surface area contributed by atoms with Gasteiger partial charge in [-0.2, -0.15) is 5.10 Å². The number of fused-ring (bicyclic) bond motifs is 1. The van der Waals surface area contributed by atoms with E-state index < -0.39 is 0 Å². The van der Waals surface area contributed by atoms with E-state index >= 15 is 0 Å². The predicted octanol–water partition coefficient (Wildman–Crippen LogP) is 4.82. The van der Waals surface area contributed by atoms with Gasteiger partial charge in [-0.15, -0.1) is 0 Å². The third-order valence-corrected chi connectivity index (χ3v) is 5.24. The Morgan fingerprint density at radius 2 is 1.74 bits per heavy atom. The van der Waals surface area contributed by atoms with E-state index in [0.29, 0.717) is 5.82 Å². The lowest BCUT2D eigenvalue weighted by atomic mass is 10.1. The van der Waals surface area contributed by atoms with E-state index in [4.69, 9.17) is 15.6 Å². The molecule has 160 valence electrons. The molecule has 0 spiro atoms. The second-order valence-electron chi connectivity index (χ2n) is 7.19. The molecule has 1 fully saturated rings. The molecule has 1 aliphatic heterocycles. The van der Waals surface area contributed by atoms with E-state index in [1.54, 1.807) is 0 Å². The first-order valence-electron chi connectivity index (χ1n) is 10.8. The van der Waals surface area contributed by atoms with Crippen molar-refractivity contribution in [3.05, 3.63) is 60.9 Å². The van der Waals surface area contributed by atoms with Crippen molar-refractivity contribution in [3.8, 4) is 22.8 Å². The Morgan fingerprint density at radius 3 is 2.45 bits per heavy atom. The van der Waals surface area contributed by atoms with Gasteiger partial charge in [-0.25, -0.2) is 14.6 Å². The molecular formula is C24H28N6O. The highest BCUT2D eigenvalue weighted by molar-refractivity contribution is 5.98. The van der Waals surface area contributed by atoms with Gasteiger partial charge < -0.3 is 15.8 Å². The first kappa shape index (κ1) is 20.8. The number of nitrogen functional groups attached to an aromatic ring is 1. The van der Waals surface area contributed by atoms with Crippen LogP contribution >= 0.6 is 0 Å². The summed E-state index contributed by atoms with van der Waals surface area (Å²) in [4.78, 5) is 8.69. The Bertz CT molecular complexity index is 1120. The van der Waals surface area contributed by atoms with Crippen molar-refractivity contribution in [2.24, 2.45) is 0 Å². The monoisotopic (exact) mass is 416 g/mol. The van der Waals surface area contributed by atoms with Gasteiger partial charge in [0.15, 0.2) is 5.65 Å². The first-order valence-corrected chi connectivity index (χ1v) is 10.8. The van der Waals surface area contributed by atoms with Crippen molar-refractivity contribution < 1.29 is 4.74 Å². The lowest BCUT2D eigenvalue weighted by molar-refractivity contribution is 0.354. The van der Waals surface area contributed by atoms with Crippen LogP contribution in [0.5, 0.6) is 11.5 Å². The quantitative estimate of drug-likeness (QED) is 0.496. The van der Waals surface area contributed by atoms with Crippen molar-refractivity contribution in [1.82, 2.24) is 25.1 Å². The van der Waals surface area contributed by atoms with Crippen LogP contribution in [0, 0.1) is 0 Å². The fraction of sp³-hybridized carbons (Fsp3) is 0.292. The minimum absolute atomic E-state index is 0.259. The summed E-state index contributed by atoms with van der Waals surface area (Å²) in [6.07, 6.45) is 3.69. The largest absolute Gasteiger partial charge is 0.457 e. The summed E-state index contributed by atoms with van der Waals surface area (Å²) in [5.74, 6) is 2.02. The number of anilines is 1. The molecule has 3 heterocycles. The molecule has 0 radical (unpaired) electrons. The average Bonchev–Trinajstić information content (AvgIpc) is 3.23. The molecule has 4 aromatic rings. The molecule has 1 unspecified atom stereocenters. The van der Waals surface area contributed by atoms with Crippen LogP contribution < -0.4 is 15.8 Å². The van der Waals surface area contributed by atoms with E-state index in [9.17, 15) is 0 Å². The summed E-state index contributed by atoms with van der Waals surface area (Å²) in [6, 6.07) is 17.9. The van der Waals surface area contributed by atoms with Crippen molar-refractivity contribution in [1.29, 1.82) is 0 Å². The maximum Gasteiger partial charge on any atom is 0.164 e. The SMILES string of the molecule is CC.Nc1ncnc2c1c(-c1ccc(Oc3ccccc3)cc1)nn2C1CCCNC1. The Hall–Kier alpha value is -3.45. The van der Waals surface area contributed by atoms with Gasteiger partial charge in [0.1, 0.15) is 29.3 Å². The molecule has 0 saturated carbocycles. The minimum atomic E-state index is 0.259. The molecule has 1 aliphatic rings. The highest BCUT2D eigenvalue weighted by Gasteiger charge is 2.23. The molecule has 31 heavy (non-hydrogen) atoms. The van der Waals surface area contributed by atoms with E-state index in [0.717, 1.165) is 59.7 Å². The molecule has 7 nitrogen and oxygen atoms in total. The summed E-state index contributed by atoms with van der Waals surface area (Å²) >= 11 is 0. The number of para-hydroxylation sites is 1. The molecule has 5 rings (SSSR count). The van der Waals surface area contributed by atoms with Crippen LogP contribution in [0.25, 0.3) is 22.3 Å². The second kappa shape index (κ2) is 9.57. The van der Waals surface area contributed by atoms with Crippen molar-refractivity contribution >= 4 is 16.9 Å². The van der Waals surface area contributed by atoms with Crippen LogP contribution in [0.15, 0.2) is 60.9 Å². The van der Waals surface area contributed by atoms with Crippen LogP contribution in [-0.2, 0) is 0 Å². The molecular weight excluding hydrogens is 388 g/mol. The topological polar surface area (TPSA) is 90.9 Å². The number of rotatable bonds is 4. The second-order valence-corrected chi connectivity index (χ2v) is 7.19. The highest BCUT2D eigenvalue weighted by atomic mass is 16.5. The Morgan fingerprint density at radius 1 is 1.00 bits per heavy atom. The molecule has 0 aliphatic carbocycles. The van der Waals surface area contributed by atoms with E-state index in [-0.39, 0.29) is 6.04 Å². The smallest absolute Gasteiger partial charge is 0.164 e. The number of piperidine rings is 1. The van der Waals surface area contributed by atoms with Crippen LogP contribution in [0.3, 0.4) is 0 Å². The van der Waals surface area contributed by atoms with Crippen molar-refractivity contribution in [3.63, 3.8) is 0 Å². The zero-order chi connectivity index (χ0) is 21.6. The number of ether oxygens (including phenoxy) is 1. The molecule has 0 amide bonds. The summed E-state index contributed by atoms with van der Waals surface area (Å²) in [7, 11) is 0. The number of aromatic nitrogens is 4. The average molecular weight is 417 g/mol. The maximum atomic E-state index is 6.22. The number of nitrogens with zero attached hydrogens (tertiary/aromatic N) is 4. The first-order chi connectivity index (χ1) is 15.3. The molecule has 0 bridgehead atoms. The van der Waals surface area contributed by atoms with Crippen LogP contribution in [0.2, 0.25) is 0 Å². The molecule has 3 N–H and O–H groups in total. The van der Waals surface area contributed by atoms with Crippen molar-refractivity contribution in [2.45, 2.75) is 32.7 Å². The third-order valence-electron chi connectivity index (χ3n) is 5.24. The number of hydrogen-bond donors (Lipinski definition) is 2. The van der Waals surface area contributed by atoms with Gasteiger partial charge in [0, 0.05) is 12.1 Å². The van der Waals surface area contributed by atoms with E-state index in [1.165, 1.54) is 6.33 Å². The van der Waals surface area contributed by atoms with Gasteiger partial charge in [0.25, 0.3) is 0 Å². The van der Waals surface area contributed by atoms with Crippen molar-refractivity contribution in [2.75, 3.05) is 18.8 Å². The lowest BCUT2D eigenvalue weighted by Gasteiger charge is -2.23. The van der Waals surface area contributed by atoms with Crippen LogP contribution in [0.4, 0.5) is 5.82 Å². The summed E-state index contributed by atoms with van der Waals surface area (Å²) < 4.78 is 7.90. The molecule has 2 aromatic heterocycles.